The standard InChI is InChI=1S/C13H20N2O/c1-10(2)7-13(16)15(3)12-6-4-5-11(8-12)9-14/h4-6,8,10H,7,9,14H2,1-3H3. The van der Waals surface area contributed by atoms with Gasteiger partial charge in [0.25, 0.3) is 0 Å². The summed E-state index contributed by atoms with van der Waals surface area (Å²) in [6.45, 7) is 4.59. The van der Waals surface area contributed by atoms with Gasteiger partial charge in [-0.1, -0.05) is 26.0 Å². The zero-order valence-corrected chi connectivity index (χ0v) is 10.2. The summed E-state index contributed by atoms with van der Waals surface area (Å²) >= 11 is 0. The van der Waals surface area contributed by atoms with E-state index in [9.17, 15) is 4.79 Å². The van der Waals surface area contributed by atoms with Crippen molar-refractivity contribution in [3.8, 4) is 0 Å². The number of hydrogen-bond acceptors (Lipinski definition) is 2. The fraction of sp³-hybridized carbons (Fsp3) is 0.462. The number of rotatable bonds is 4. The first kappa shape index (κ1) is 12.7. The third kappa shape index (κ3) is 3.35. The summed E-state index contributed by atoms with van der Waals surface area (Å²) in [6, 6.07) is 7.77. The van der Waals surface area contributed by atoms with E-state index in [4.69, 9.17) is 5.73 Å². The zero-order valence-electron chi connectivity index (χ0n) is 10.2. The van der Waals surface area contributed by atoms with Crippen molar-refractivity contribution in [1.82, 2.24) is 0 Å². The lowest BCUT2D eigenvalue weighted by Gasteiger charge is -2.19. The molecule has 16 heavy (non-hydrogen) atoms. The molecule has 2 N–H and O–H groups in total. The molecule has 0 unspecified atom stereocenters. The summed E-state index contributed by atoms with van der Waals surface area (Å²) in [5.74, 6) is 0.525. The number of carbonyl (C=O) groups is 1. The Balaban J connectivity index is 2.79. The van der Waals surface area contributed by atoms with Crippen LogP contribution in [0.25, 0.3) is 0 Å². The van der Waals surface area contributed by atoms with E-state index in [0.29, 0.717) is 18.9 Å². The molecule has 0 saturated heterocycles. The topological polar surface area (TPSA) is 46.3 Å². The average molecular weight is 220 g/mol. The molecule has 3 heteroatoms. The van der Waals surface area contributed by atoms with Gasteiger partial charge in [-0.15, -0.1) is 0 Å². The molecular formula is C13H20N2O. The average Bonchev–Trinajstić information content (AvgIpc) is 2.27. The molecule has 1 rings (SSSR count). The largest absolute Gasteiger partial charge is 0.326 e. The highest BCUT2D eigenvalue weighted by atomic mass is 16.2. The summed E-state index contributed by atoms with van der Waals surface area (Å²) in [5.41, 5.74) is 7.53. The first-order valence-electron chi connectivity index (χ1n) is 5.60. The lowest BCUT2D eigenvalue weighted by Crippen LogP contribution is -2.27. The maximum atomic E-state index is 11.8. The predicted octanol–water partition coefficient (Wildman–Crippen LogP) is 2.15. The van der Waals surface area contributed by atoms with E-state index >= 15 is 0 Å². The van der Waals surface area contributed by atoms with Gasteiger partial charge in [0.1, 0.15) is 0 Å². The maximum absolute atomic E-state index is 11.8. The molecule has 88 valence electrons. The maximum Gasteiger partial charge on any atom is 0.226 e. The third-order valence-corrected chi connectivity index (χ3v) is 2.49. The van der Waals surface area contributed by atoms with E-state index in [1.165, 1.54) is 0 Å². The van der Waals surface area contributed by atoms with Gasteiger partial charge >= 0.3 is 0 Å². The van der Waals surface area contributed by atoms with Crippen LogP contribution in [0.5, 0.6) is 0 Å². The van der Waals surface area contributed by atoms with Gasteiger partial charge in [0.2, 0.25) is 5.91 Å². The molecule has 0 radical (unpaired) electrons. The Labute approximate surface area is 97.2 Å². The number of amides is 1. The van der Waals surface area contributed by atoms with Crippen LogP contribution in [-0.2, 0) is 11.3 Å². The quantitative estimate of drug-likeness (QED) is 0.845. The molecule has 0 saturated carbocycles. The van der Waals surface area contributed by atoms with Gasteiger partial charge < -0.3 is 10.6 Å². The van der Waals surface area contributed by atoms with Crippen molar-refractivity contribution in [2.75, 3.05) is 11.9 Å². The molecule has 0 aromatic heterocycles. The SMILES string of the molecule is CC(C)CC(=O)N(C)c1cccc(CN)c1. The summed E-state index contributed by atoms with van der Waals surface area (Å²) in [5, 5.41) is 0. The van der Waals surface area contributed by atoms with E-state index in [1.54, 1.807) is 11.9 Å². The fourth-order valence-corrected chi connectivity index (χ4v) is 1.52. The van der Waals surface area contributed by atoms with E-state index in [1.807, 2.05) is 38.1 Å². The first-order chi connectivity index (χ1) is 7.54. The number of nitrogens with two attached hydrogens (primary N) is 1. The number of hydrogen-bond donors (Lipinski definition) is 1. The molecule has 0 aliphatic rings. The second-order valence-corrected chi connectivity index (χ2v) is 4.42. The van der Waals surface area contributed by atoms with Crippen molar-refractivity contribution < 1.29 is 4.79 Å². The van der Waals surface area contributed by atoms with Crippen LogP contribution in [-0.4, -0.2) is 13.0 Å². The molecular weight excluding hydrogens is 200 g/mol. The Kier molecular flexibility index (Phi) is 4.50. The predicted molar refractivity (Wildman–Crippen MR) is 67.2 cm³/mol. The summed E-state index contributed by atoms with van der Waals surface area (Å²) in [7, 11) is 1.81. The molecule has 0 aliphatic carbocycles. The van der Waals surface area contributed by atoms with Crippen LogP contribution >= 0.6 is 0 Å². The fourth-order valence-electron chi connectivity index (χ4n) is 1.52. The zero-order chi connectivity index (χ0) is 12.1. The lowest BCUT2D eigenvalue weighted by atomic mass is 10.1. The van der Waals surface area contributed by atoms with E-state index < -0.39 is 0 Å². The van der Waals surface area contributed by atoms with Gasteiger partial charge in [-0.05, 0) is 23.6 Å². The van der Waals surface area contributed by atoms with Crippen LogP contribution in [0, 0.1) is 5.92 Å². The van der Waals surface area contributed by atoms with Gasteiger partial charge in [0.15, 0.2) is 0 Å². The Morgan fingerprint density at radius 3 is 2.69 bits per heavy atom. The number of nitrogens with zero attached hydrogens (tertiary/aromatic N) is 1. The van der Waals surface area contributed by atoms with E-state index in [-0.39, 0.29) is 5.91 Å². The Morgan fingerprint density at radius 2 is 2.12 bits per heavy atom. The number of carbonyl (C=O) groups excluding carboxylic acids is 1. The van der Waals surface area contributed by atoms with Gasteiger partial charge in [0, 0.05) is 25.7 Å². The minimum Gasteiger partial charge on any atom is -0.326 e. The molecule has 0 bridgehead atoms. The van der Waals surface area contributed by atoms with Gasteiger partial charge in [0.05, 0.1) is 0 Å². The van der Waals surface area contributed by atoms with Crippen LogP contribution in [0.1, 0.15) is 25.8 Å². The molecule has 0 atom stereocenters. The highest BCUT2D eigenvalue weighted by Crippen LogP contribution is 2.16. The second kappa shape index (κ2) is 5.66. The Hall–Kier alpha value is -1.35. The molecule has 0 aliphatic heterocycles. The monoisotopic (exact) mass is 220 g/mol. The van der Waals surface area contributed by atoms with Gasteiger partial charge in [-0.25, -0.2) is 0 Å². The van der Waals surface area contributed by atoms with Gasteiger partial charge in [-0.2, -0.15) is 0 Å². The van der Waals surface area contributed by atoms with Crippen LogP contribution < -0.4 is 10.6 Å². The Bertz CT molecular complexity index is 361. The van der Waals surface area contributed by atoms with E-state index in [0.717, 1.165) is 11.3 Å². The number of anilines is 1. The summed E-state index contributed by atoms with van der Waals surface area (Å²) in [4.78, 5) is 13.5. The normalized spacial score (nSPS) is 10.6. The molecule has 1 aromatic carbocycles. The molecule has 1 amide bonds. The van der Waals surface area contributed by atoms with Crippen LogP contribution in [0.3, 0.4) is 0 Å². The molecule has 3 nitrogen and oxygen atoms in total. The Morgan fingerprint density at radius 1 is 1.44 bits per heavy atom. The minimum atomic E-state index is 0.143. The molecule has 0 spiro atoms. The summed E-state index contributed by atoms with van der Waals surface area (Å²) in [6.07, 6.45) is 0.573. The van der Waals surface area contributed by atoms with Gasteiger partial charge in [-0.3, -0.25) is 4.79 Å². The van der Waals surface area contributed by atoms with Crippen molar-refractivity contribution in [3.05, 3.63) is 29.8 Å². The van der Waals surface area contributed by atoms with Crippen LogP contribution in [0.4, 0.5) is 5.69 Å². The highest BCUT2D eigenvalue weighted by molar-refractivity contribution is 5.92. The van der Waals surface area contributed by atoms with E-state index in [2.05, 4.69) is 0 Å². The molecule has 1 aromatic rings. The first-order valence-corrected chi connectivity index (χ1v) is 5.60. The third-order valence-electron chi connectivity index (χ3n) is 2.49. The molecule has 0 fully saturated rings. The van der Waals surface area contributed by atoms with Crippen molar-refractivity contribution in [1.29, 1.82) is 0 Å². The van der Waals surface area contributed by atoms with Crippen LogP contribution in [0.15, 0.2) is 24.3 Å². The van der Waals surface area contributed by atoms with Crippen molar-refractivity contribution >= 4 is 11.6 Å². The molecule has 0 heterocycles. The van der Waals surface area contributed by atoms with Crippen LogP contribution in [0.2, 0.25) is 0 Å². The lowest BCUT2D eigenvalue weighted by molar-refractivity contribution is -0.119. The second-order valence-electron chi connectivity index (χ2n) is 4.42. The van der Waals surface area contributed by atoms with Crippen molar-refractivity contribution in [2.45, 2.75) is 26.8 Å². The highest BCUT2D eigenvalue weighted by Gasteiger charge is 2.12. The summed E-state index contributed by atoms with van der Waals surface area (Å²) < 4.78 is 0. The smallest absolute Gasteiger partial charge is 0.226 e. The minimum absolute atomic E-state index is 0.143. The van der Waals surface area contributed by atoms with Crippen molar-refractivity contribution in [2.24, 2.45) is 11.7 Å². The number of benzene rings is 1. The van der Waals surface area contributed by atoms with Crippen molar-refractivity contribution in [3.63, 3.8) is 0 Å².